The Bertz CT molecular complexity index is 340. The van der Waals surface area contributed by atoms with Crippen LogP contribution in [0.25, 0.3) is 0 Å². The molecule has 0 radical (unpaired) electrons. The van der Waals surface area contributed by atoms with Crippen LogP contribution in [0.3, 0.4) is 0 Å². The van der Waals surface area contributed by atoms with Gasteiger partial charge >= 0.3 is 0 Å². The van der Waals surface area contributed by atoms with E-state index in [4.69, 9.17) is 0 Å². The molecule has 0 aromatic heterocycles. The summed E-state index contributed by atoms with van der Waals surface area (Å²) in [5.74, 6) is 0.896. The highest BCUT2D eigenvalue weighted by molar-refractivity contribution is 5.20. The number of hydrogen-bond acceptors (Lipinski definition) is 1. The summed E-state index contributed by atoms with van der Waals surface area (Å²) in [5.41, 5.74) is 1.20. The third-order valence-corrected chi connectivity index (χ3v) is 3.18. The molecule has 94 valence electrons. The monoisotopic (exact) mass is 232 g/mol. The number of benzene rings is 1. The maximum atomic E-state index is 10.3. The molecule has 0 unspecified atom stereocenters. The van der Waals surface area contributed by atoms with E-state index in [9.17, 15) is 5.11 Å². The standard InChI is InChI=1S/C16H24O/c1-12(2)10-11-13(3)16(17)14(4)15-8-6-5-7-9-15/h5-14,16-17H,1-4H3/b11-10+/t13-,14+,16+/m1/s1. The van der Waals surface area contributed by atoms with Crippen molar-refractivity contribution in [3.63, 3.8) is 0 Å². The van der Waals surface area contributed by atoms with Gasteiger partial charge in [-0.2, -0.15) is 0 Å². The van der Waals surface area contributed by atoms with Gasteiger partial charge in [0.15, 0.2) is 0 Å². The molecule has 0 bridgehead atoms. The van der Waals surface area contributed by atoms with Crippen molar-refractivity contribution in [2.24, 2.45) is 11.8 Å². The second-order valence-electron chi connectivity index (χ2n) is 5.18. The Balaban J connectivity index is 2.66. The van der Waals surface area contributed by atoms with Gasteiger partial charge in [-0.05, 0) is 11.5 Å². The van der Waals surface area contributed by atoms with Gasteiger partial charge in [-0.25, -0.2) is 0 Å². The van der Waals surface area contributed by atoms with Crippen LogP contribution in [0, 0.1) is 11.8 Å². The van der Waals surface area contributed by atoms with Crippen molar-refractivity contribution in [1.29, 1.82) is 0 Å². The summed E-state index contributed by atoms with van der Waals surface area (Å²) in [5, 5.41) is 10.3. The molecule has 1 nitrogen and oxygen atoms in total. The Hall–Kier alpha value is -1.08. The molecule has 17 heavy (non-hydrogen) atoms. The lowest BCUT2D eigenvalue weighted by molar-refractivity contribution is 0.113. The number of hydrogen-bond donors (Lipinski definition) is 1. The van der Waals surface area contributed by atoms with Crippen molar-refractivity contribution in [2.45, 2.75) is 39.7 Å². The summed E-state index contributed by atoms with van der Waals surface area (Å²) in [6.07, 6.45) is 3.95. The topological polar surface area (TPSA) is 20.2 Å². The van der Waals surface area contributed by atoms with Crippen LogP contribution in [0.2, 0.25) is 0 Å². The van der Waals surface area contributed by atoms with E-state index < -0.39 is 0 Å². The molecule has 0 aliphatic carbocycles. The number of aliphatic hydroxyl groups excluding tert-OH is 1. The highest BCUT2D eigenvalue weighted by Gasteiger charge is 2.20. The van der Waals surface area contributed by atoms with Crippen molar-refractivity contribution >= 4 is 0 Å². The summed E-state index contributed by atoms with van der Waals surface area (Å²) in [6, 6.07) is 10.2. The Morgan fingerprint density at radius 1 is 0.941 bits per heavy atom. The minimum absolute atomic E-state index is 0.169. The van der Waals surface area contributed by atoms with Crippen LogP contribution in [-0.4, -0.2) is 11.2 Å². The van der Waals surface area contributed by atoms with Gasteiger partial charge in [-0.3, -0.25) is 0 Å². The molecule has 1 N–H and O–H groups in total. The van der Waals surface area contributed by atoms with E-state index in [0.29, 0.717) is 5.92 Å². The minimum Gasteiger partial charge on any atom is -0.392 e. The molecule has 1 rings (SSSR count). The summed E-state index contributed by atoms with van der Waals surface area (Å²) in [4.78, 5) is 0. The first-order chi connectivity index (χ1) is 8.02. The molecular formula is C16H24O. The van der Waals surface area contributed by atoms with Crippen molar-refractivity contribution in [2.75, 3.05) is 0 Å². The van der Waals surface area contributed by atoms with Gasteiger partial charge in [0.05, 0.1) is 6.10 Å². The smallest absolute Gasteiger partial charge is 0.0665 e. The van der Waals surface area contributed by atoms with E-state index in [2.05, 4.69) is 52.0 Å². The van der Waals surface area contributed by atoms with Gasteiger partial charge in [0.1, 0.15) is 0 Å². The fourth-order valence-corrected chi connectivity index (χ4v) is 1.92. The van der Waals surface area contributed by atoms with Crippen molar-refractivity contribution < 1.29 is 5.11 Å². The lowest BCUT2D eigenvalue weighted by Gasteiger charge is -2.23. The molecule has 1 aromatic rings. The van der Waals surface area contributed by atoms with Crippen molar-refractivity contribution in [3.05, 3.63) is 48.0 Å². The molecule has 0 saturated carbocycles. The molecule has 1 heteroatoms. The molecular weight excluding hydrogens is 208 g/mol. The Kier molecular flexibility index (Phi) is 5.43. The Morgan fingerprint density at radius 2 is 1.53 bits per heavy atom. The van der Waals surface area contributed by atoms with Gasteiger partial charge in [0, 0.05) is 11.8 Å². The van der Waals surface area contributed by atoms with Gasteiger partial charge < -0.3 is 5.11 Å². The third-order valence-electron chi connectivity index (χ3n) is 3.18. The second-order valence-corrected chi connectivity index (χ2v) is 5.18. The van der Waals surface area contributed by atoms with Crippen molar-refractivity contribution in [1.82, 2.24) is 0 Å². The quantitative estimate of drug-likeness (QED) is 0.761. The average Bonchev–Trinajstić information content (AvgIpc) is 2.35. The minimum atomic E-state index is -0.326. The Labute approximate surface area is 105 Å². The number of allylic oxidation sites excluding steroid dienone is 1. The molecule has 1 aromatic carbocycles. The fraction of sp³-hybridized carbons (Fsp3) is 0.500. The first-order valence-electron chi connectivity index (χ1n) is 6.43. The lowest BCUT2D eigenvalue weighted by atomic mass is 9.87. The van der Waals surface area contributed by atoms with Gasteiger partial charge in [-0.15, -0.1) is 0 Å². The maximum Gasteiger partial charge on any atom is 0.0665 e. The van der Waals surface area contributed by atoms with Crippen LogP contribution in [0.15, 0.2) is 42.5 Å². The van der Waals surface area contributed by atoms with Crippen LogP contribution in [0.4, 0.5) is 0 Å². The molecule has 0 amide bonds. The van der Waals surface area contributed by atoms with Crippen LogP contribution in [0.5, 0.6) is 0 Å². The molecule has 0 aliphatic heterocycles. The average molecular weight is 232 g/mol. The summed E-state index contributed by atoms with van der Waals surface area (Å²) in [7, 11) is 0. The van der Waals surface area contributed by atoms with Crippen molar-refractivity contribution in [3.8, 4) is 0 Å². The molecule has 0 saturated heterocycles. The predicted octanol–water partition coefficient (Wildman–Crippen LogP) is 4.00. The zero-order chi connectivity index (χ0) is 12.8. The fourth-order valence-electron chi connectivity index (χ4n) is 1.92. The normalized spacial score (nSPS) is 17.3. The van der Waals surface area contributed by atoms with Crippen LogP contribution >= 0.6 is 0 Å². The van der Waals surface area contributed by atoms with E-state index in [1.54, 1.807) is 0 Å². The summed E-state index contributed by atoms with van der Waals surface area (Å²) in [6.45, 7) is 8.45. The molecule has 0 fully saturated rings. The highest BCUT2D eigenvalue weighted by Crippen LogP contribution is 2.24. The van der Waals surface area contributed by atoms with E-state index in [-0.39, 0.29) is 17.9 Å². The first kappa shape index (κ1) is 14.0. The molecule has 0 aliphatic rings. The molecule has 0 heterocycles. The maximum absolute atomic E-state index is 10.3. The lowest BCUT2D eigenvalue weighted by Crippen LogP contribution is -2.22. The van der Waals surface area contributed by atoms with Gasteiger partial charge in [0.25, 0.3) is 0 Å². The van der Waals surface area contributed by atoms with Gasteiger partial charge in [-0.1, -0.05) is 70.2 Å². The number of aliphatic hydroxyl groups is 1. The zero-order valence-corrected chi connectivity index (χ0v) is 11.3. The van der Waals surface area contributed by atoms with E-state index in [1.807, 2.05) is 18.2 Å². The van der Waals surface area contributed by atoms with E-state index in [0.717, 1.165) is 0 Å². The predicted molar refractivity (Wildman–Crippen MR) is 74.0 cm³/mol. The first-order valence-corrected chi connectivity index (χ1v) is 6.43. The molecule has 3 atom stereocenters. The third kappa shape index (κ3) is 4.35. The second kappa shape index (κ2) is 6.61. The van der Waals surface area contributed by atoms with Crippen LogP contribution in [0.1, 0.15) is 39.2 Å². The van der Waals surface area contributed by atoms with E-state index in [1.165, 1.54) is 5.56 Å². The SMILES string of the molecule is CC(C)/C=C/[C@@H](C)[C@H](O)[C@@H](C)c1ccccc1. The van der Waals surface area contributed by atoms with Gasteiger partial charge in [0.2, 0.25) is 0 Å². The van der Waals surface area contributed by atoms with Crippen LogP contribution < -0.4 is 0 Å². The van der Waals surface area contributed by atoms with Crippen LogP contribution in [-0.2, 0) is 0 Å². The Morgan fingerprint density at radius 3 is 2.06 bits per heavy atom. The van der Waals surface area contributed by atoms with E-state index >= 15 is 0 Å². The molecule has 0 spiro atoms. The highest BCUT2D eigenvalue weighted by atomic mass is 16.3. The summed E-state index contributed by atoms with van der Waals surface area (Å²) >= 11 is 0. The zero-order valence-electron chi connectivity index (χ0n) is 11.3. The number of rotatable bonds is 5. The largest absolute Gasteiger partial charge is 0.392 e. The summed E-state index contributed by atoms with van der Waals surface area (Å²) < 4.78 is 0.